The summed E-state index contributed by atoms with van der Waals surface area (Å²) < 4.78 is 25.0. The number of hydrogen-bond acceptors (Lipinski definition) is 5. The standard InChI is InChI=1S/C21H18FN3O4/c1-13-14(2)25(11-17-4-3-9-28-17)20(18(13)10-23)24-19(26)12-29-21(27)15-5-7-16(22)8-6-15/h3-9H,11-12H2,1-2H3,(H,24,26). The molecule has 0 fully saturated rings. The van der Waals surface area contributed by atoms with Gasteiger partial charge in [-0.3, -0.25) is 4.79 Å². The van der Waals surface area contributed by atoms with Crippen LogP contribution in [-0.4, -0.2) is 23.1 Å². The van der Waals surface area contributed by atoms with Crippen LogP contribution in [0.5, 0.6) is 0 Å². The topological polar surface area (TPSA) is 97.3 Å². The van der Waals surface area contributed by atoms with Gasteiger partial charge in [0.1, 0.15) is 23.5 Å². The molecule has 0 saturated carbocycles. The molecule has 0 aliphatic rings. The second-order valence-electron chi connectivity index (χ2n) is 6.34. The Labute approximate surface area is 166 Å². The van der Waals surface area contributed by atoms with Crippen molar-refractivity contribution in [3.8, 4) is 6.07 Å². The van der Waals surface area contributed by atoms with Gasteiger partial charge in [0.05, 0.1) is 23.9 Å². The van der Waals surface area contributed by atoms with Gasteiger partial charge in [-0.2, -0.15) is 5.26 Å². The Hall–Kier alpha value is -3.86. The van der Waals surface area contributed by atoms with Crippen molar-refractivity contribution < 1.29 is 23.1 Å². The van der Waals surface area contributed by atoms with E-state index in [1.54, 1.807) is 29.9 Å². The van der Waals surface area contributed by atoms with E-state index in [0.717, 1.165) is 23.4 Å². The molecule has 0 radical (unpaired) electrons. The molecule has 0 unspecified atom stereocenters. The number of nitriles is 1. The third-order valence-corrected chi connectivity index (χ3v) is 4.51. The summed E-state index contributed by atoms with van der Waals surface area (Å²) in [6.45, 7) is 3.40. The molecule has 3 rings (SSSR count). The molecule has 0 aliphatic carbocycles. The summed E-state index contributed by atoms with van der Waals surface area (Å²) in [4.78, 5) is 24.3. The van der Waals surface area contributed by atoms with Crippen LogP contribution in [0.1, 0.15) is 32.9 Å². The van der Waals surface area contributed by atoms with Gasteiger partial charge >= 0.3 is 5.97 Å². The normalized spacial score (nSPS) is 10.4. The van der Waals surface area contributed by atoms with Crippen LogP contribution < -0.4 is 5.32 Å². The highest BCUT2D eigenvalue weighted by Gasteiger charge is 2.21. The van der Waals surface area contributed by atoms with E-state index in [1.165, 1.54) is 12.1 Å². The molecule has 148 valence electrons. The highest BCUT2D eigenvalue weighted by molar-refractivity contribution is 5.96. The lowest BCUT2D eigenvalue weighted by molar-refractivity contribution is -0.119. The molecule has 0 aliphatic heterocycles. The van der Waals surface area contributed by atoms with Gasteiger partial charge in [0.15, 0.2) is 6.61 Å². The van der Waals surface area contributed by atoms with Crippen molar-refractivity contribution in [1.29, 1.82) is 5.26 Å². The fraction of sp³-hybridized carbons (Fsp3) is 0.190. The lowest BCUT2D eigenvalue weighted by Crippen LogP contribution is -2.23. The van der Waals surface area contributed by atoms with Crippen LogP contribution in [0, 0.1) is 31.0 Å². The first-order valence-corrected chi connectivity index (χ1v) is 8.75. The van der Waals surface area contributed by atoms with E-state index in [2.05, 4.69) is 11.4 Å². The van der Waals surface area contributed by atoms with Crippen molar-refractivity contribution in [3.63, 3.8) is 0 Å². The third-order valence-electron chi connectivity index (χ3n) is 4.51. The predicted molar refractivity (Wildman–Crippen MR) is 102 cm³/mol. The highest BCUT2D eigenvalue weighted by atomic mass is 19.1. The fourth-order valence-corrected chi connectivity index (χ4v) is 2.85. The monoisotopic (exact) mass is 395 g/mol. The minimum absolute atomic E-state index is 0.129. The zero-order chi connectivity index (χ0) is 21.0. The molecule has 0 bridgehead atoms. The van der Waals surface area contributed by atoms with Crippen molar-refractivity contribution in [2.24, 2.45) is 0 Å². The van der Waals surface area contributed by atoms with Crippen LogP contribution in [0.2, 0.25) is 0 Å². The number of ether oxygens (including phenoxy) is 1. The van der Waals surface area contributed by atoms with Crippen molar-refractivity contribution in [2.75, 3.05) is 11.9 Å². The highest BCUT2D eigenvalue weighted by Crippen LogP contribution is 2.27. The van der Waals surface area contributed by atoms with Crippen LogP contribution in [0.3, 0.4) is 0 Å². The van der Waals surface area contributed by atoms with Crippen molar-refractivity contribution >= 4 is 17.7 Å². The number of rotatable bonds is 6. The summed E-state index contributed by atoms with van der Waals surface area (Å²) in [5.74, 6) is -0.868. The molecule has 8 heteroatoms. The zero-order valence-electron chi connectivity index (χ0n) is 15.9. The predicted octanol–water partition coefficient (Wildman–Crippen LogP) is 3.55. The van der Waals surface area contributed by atoms with E-state index in [9.17, 15) is 19.2 Å². The van der Waals surface area contributed by atoms with Gasteiger partial charge in [-0.25, -0.2) is 9.18 Å². The molecular weight excluding hydrogens is 377 g/mol. The van der Waals surface area contributed by atoms with E-state index in [1.807, 2.05) is 6.92 Å². The summed E-state index contributed by atoms with van der Waals surface area (Å²) in [7, 11) is 0. The minimum atomic E-state index is -0.751. The summed E-state index contributed by atoms with van der Waals surface area (Å²) in [5, 5.41) is 12.2. The molecule has 3 aromatic rings. The molecule has 0 spiro atoms. The number of amides is 1. The first-order valence-electron chi connectivity index (χ1n) is 8.75. The molecule has 1 aromatic carbocycles. The lowest BCUT2D eigenvalue weighted by atomic mass is 10.2. The maximum Gasteiger partial charge on any atom is 0.338 e. The molecule has 2 aromatic heterocycles. The van der Waals surface area contributed by atoms with E-state index in [4.69, 9.17) is 9.15 Å². The Bertz CT molecular complexity index is 1080. The first-order chi connectivity index (χ1) is 13.9. The van der Waals surface area contributed by atoms with Crippen LogP contribution in [0.4, 0.5) is 10.2 Å². The second kappa shape index (κ2) is 8.44. The summed E-state index contributed by atoms with van der Waals surface area (Å²) in [6, 6.07) is 10.4. The number of anilines is 1. The van der Waals surface area contributed by atoms with Gasteiger partial charge < -0.3 is 19.0 Å². The Morgan fingerprint density at radius 3 is 2.59 bits per heavy atom. The molecule has 29 heavy (non-hydrogen) atoms. The molecule has 0 saturated heterocycles. The van der Waals surface area contributed by atoms with Gasteiger partial charge in [-0.05, 0) is 55.8 Å². The van der Waals surface area contributed by atoms with Gasteiger partial charge in [0, 0.05) is 5.69 Å². The number of halogens is 1. The van der Waals surface area contributed by atoms with Crippen LogP contribution in [-0.2, 0) is 16.1 Å². The smallest absolute Gasteiger partial charge is 0.338 e. The number of hydrogen-bond donors (Lipinski definition) is 1. The molecule has 7 nitrogen and oxygen atoms in total. The van der Waals surface area contributed by atoms with E-state index < -0.39 is 24.3 Å². The molecule has 1 N–H and O–H groups in total. The number of esters is 1. The van der Waals surface area contributed by atoms with Crippen LogP contribution >= 0.6 is 0 Å². The quantitative estimate of drug-likeness (QED) is 0.644. The SMILES string of the molecule is Cc1c(C#N)c(NC(=O)COC(=O)c2ccc(F)cc2)n(Cc2ccco2)c1C. The number of carbonyl (C=O) groups is 2. The molecular formula is C21H18FN3O4. The Morgan fingerprint density at radius 2 is 1.97 bits per heavy atom. The van der Waals surface area contributed by atoms with Gasteiger partial charge in [-0.1, -0.05) is 0 Å². The number of nitrogens with one attached hydrogen (secondary N) is 1. The largest absolute Gasteiger partial charge is 0.467 e. The van der Waals surface area contributed by atoms with E-state index in [0.29, 0.717) is 23.7 Å². The first kappa shape index (κ1) is 19.9. The van der Waals surface area contributed by atoms with Gasteiger partial charge in [0.25, 0.3) is 5.91 Å². The molecule has 1 amide bonds. The maximum atomic E-state index is 12.9. The summed E-state index contributed by atoms with van der Waals surface area (Å²) >= 11 is 0. The minimum Gasteiger partial charge on any atom is -0.467 e. The van der Waals surface area contributed by atoms with Crippen molar-refractivity contribution in [2.45, 2.75) is 20.4 Å². The Morgan fingerprint density at radius 1 is 1.24 bits per heavy atom. The van der Waals surface area contributed by atoms with E-state index in [-0.39, 0.29) is 5.56 Å². The molecule has 2 heterocycles. The average molecular weight is 395 g/mol. The number of furan rings is 1. The zero-order valence-corrected chi connectivity index (χ0v) is 15.9. The number of benzene rings is 1. The number of carbonyl (C=O) groups excluding carboxylic acids is 2. The third kappa shape index (κ3) is 4.35. The summed E-state index contributed by atoms with van der Waals surface area (Å²) in [5.41, 5.74) is 1.99. The second-order valence-corrected chi connectivity index (χ2v) is 6.34. The fourth-order valence-electron chi connectivity index (χ4n) is 2.85. The average Bonchev–Trinajstić information content (AvgIpc) is 3.30. The lowest BCUT2D eigenvalue weighted by Gasteiger charge is -2.12. The van der Waals surface area contributed by atoms with E-state index >= 15 is 0 Å². The Balaban J connectivity index is 1.74. The number of nitrogens with zero attached hydrogens (tertiary/aromatic N) is 2. The maximum absolute atomic E-state index is 12.9. The molecule has 0 atom stereocenters. The van der Waals surface area contributed by atoms with Gasteiger partial charge in [-0.15, -0.1) is 0 Å². The van der Waals surface area contributed by atoms with Gasteiger partial charge in [0.2, 0.25) is 0 Å². The van der Waals surface area contributed by atoms with Crippen molar-refractivity contribution in [3.05, 3.63) is 76.6 Å². The number of aromatic nitrogens is 1. The Kier molecular flexibility index (Phi) is 5.79. The van der Waals surface area contributed by atoms with Crippen LogP contribution in [0.15, 0.2) is 47.1 Å². The van der Waals surface area contributed by atoms with Crippen molar-refractivity contribution in [1.82, 2.24) is 4.57 Å². The summed E-state index contributed by atoms with van der Waals surface area (Å²) in [6.07, 6.45) is 1.54. The van der Waals surface area contributed by atoms with Crippen LogP contribution in [0.25, 0.3) is 0 Å².